The molecule has 12 nitrogen and oxygen atoms in total. The third kappa shape index (κ3) is 17.1. The van der Waals surface area contributed by atoms with Crippen molar-refractivity contribution in [1.82, 2.24) is 21.3 Å². The fraction of sp³-hybridized carbons (Fsp3) is 0.429. The van der Waals surface area contributed by atoms with E-state index in [9.17, 15) is 24.3 Å². The minimum Gasteiger partial charge on any atom is -0.480 e. The SMILES string of the molecule is COC(=O)[C@H](CCSC)NC(=O)c1ccc(NC[C@@H]2C[C@H](S)CN2)cc1Cc1ccccc1.CSCC[C@H](NC(=O)c1ccc(NC[C@@H]2C[C@H](S)CN2)cc1Cc1ccccc1)C(=O)O. The second-order valence-corrected chi connectivity index (χ2v) is 19.7. The highest BCUT2D eigenvalue weighted by Crippen LogP contribution is 2.23. The summed E-state index contributed by atoms with van der Waals surface area (Å²) in [5.74, 6) is -0.638. The Morgan fingerprint density at radius 1 is 0.677 bits per heavy atom. The van der Waals surface area contributed by atoms with Crippen LogP contribution in [-0.4, -0.2) is 121 Å². The summed E-state index contributed by atoms with van der Waals surface area (Å²) in [5.41, 5.74) is 6.95. The van der Waals surface area contributed by atoms with Gasteiger partial charge in [0.25, 0.3) is 11.8 Å². The molecular weight excluding hydrogens is 897 g/mol. The van der Waals surface area contributed by atoms with Crippen LogP contribution in [0.4, 0.5) is 11.4 Å². The van der Waals surface area contributed by atoms with Crippen LogP contribution in [0.25, 0.3) is 0 Å². The fourth-order valence-electron chi connectivity index (χ4n) is 7.76. The van der Waals surface area contributed by atoms with Crippen LogP contribution in [0.2, 0.25) is 0 Å². The molecule has 16 heteroatoms. The zero-order chi connectivity index (χ0) is 46.6. The standard InChI is InChI=1S/C25H33N3O3S2.C24H31N3O3S2/c1-31-25(30)23(10-11-33-2)28-24(29)22-9-8-19(26-15-20-14-21(32)16-27-20)13-18(22)12-17-6-4-3-5-7-17;1-32-10-9-22(24(29)30)27-23(28)21-8-7-18(25-14-19-13-20(31)15-26-19)12-17(21)11-16-5-3-2-4-6-16/h3-9,13,20-21,23,26-27,32H,10-12,14-16H2,1-2H3,(H,28,29);2-8,12,19-20,22,25-26,31H,9-11,13-15H2,1H3,(H,27,28)(H,29,30)/t20-,21-,23-;19-,20-,22-/m00/s1. The van der Waals surface area contributed by atoms with Crippen molar-refractivity contribution in [1.29, 1.82) is 0 Å². The maximum Gasteiger partial charge on any atom is 0.328 e. The zero-order valence-electron chi connectivity index (χ0n) is 37.4. The summed E-state index contributed by atoms with van der Waals surface area (Å²) in [6, 6.07) is 30.6. The summed E-state index contributed by atoms with van der Waals surface area (Å²) in [6.45, 7) is 3.41. The van der Waals surface area contributed by atoms with Gasteiger partial charge >= 0.3 is 11.9 Å². The molecule has 0 unspecified atom stereocenters. The van der Waals surface area contributed by atoms with E-state index >= 15 is 0 Å². The van der Waals surface area contributed by atoms with Crippen LogP contribution in [0.1, 0.15) is 68.7 Å². The van der Waals surface area contributed by atoms with Crippen LogP contribution in [0.15, 0.2) is 97.1 Å². The Kier molecular flexibility index (Phi) is 21.7. The Morgan fingerprint density at radius 2 is 1.11 bits per heavy atom. The van der Waals surface area contributed by atoms with E-state index < -0.39 is 24.0 Å². The second kappa shape index (κ2) is 27.4. The first kappa shape index (κ1) is 51.7. The van der Waals surface area contributed by atoms with Crippen molar-refractivity contribution in [3.63, 3.8) is 0 Å². The van der Waals surface area contributed by atoms with Crippen molar-refractivity contribution in [3.8, 4) is 0 Å². The maximum absolute atomic E-state index is 13.2. The minimum absolute atomic E-state index is 0.264. The van der Waals surface area contributed by atoms with Gasteiger partial charge in [0.1, 0.15) is 12.1 Å². The molecule has 2 amide bonds. The van der Waals surface area contributed by atoms with Gasteiger partial charge in [-0.05, 0) is 121 Å². The molecule has 350 valence electrons. The van der Waals surface area contributed by atoms with Gasteiger partial charge in [0, 0.05) is 71.3 Å². The number of hydrogen-bond acceptors (Lipinski definition) is 13. The molecule has 0 radical (unpaired) electrons. The van der Waals surface area contributed by atoms with Gasteiger partial charge in [-0.3, -0.25) is 9.59 Å². The average molecular weight is 961 g/mol. The predicted octanol–water partition coefficient (Wildman–Crippen LogP) is 6.66. The number of ether oxygens (including phenoxy) is 1. The monoisotopic (exact) mass is 960 g/mol. The predicted molar refractivity (Wildman–Crippen MR) is 275 cm³/mol. The van der Waals surface area contributed by atoms with E-state index in [4.69, 9.17) is 4.74 Å². The third-order valence-corrected chi connectivity index (χ3v) is 13.4. The van der Waals surface area contributed by atoms with Crippen molar-refractivity contribution < 1.29 is 29.0 Å². The normalized spacial score (nSPS) is 18.7. The summed E-state index contributed by atoms with van der Waals surface area (Å²) in [7, 11) is 1.34. The van der Waals surface area contributed by atoms with Gasteiger partial charge in [-0.2, -0.15) is 48.8 Å². The molecule has 65 heavy (non-hydrogen) atoms. The molecular formula is C49H64N6O6S4. The van der Waals surface area contributed by atoms with Gasteiger partial charge in [-0.25, -0.2) is 9.59 Å². The molecule has 0 bridgehead atoms. The molecule has 2 aliphatic heterocycles. The smallest absolute Gasteiger partial charge is 0.328 e. The van der Waals surface area contributed by atoms with Gasteiger partial charge in [0.2, 0.25) is 0 Å². The maximum atomic E-state index is 13.2. The number of anilines is 2. The van der Waals surface area contributed by atoms with E-state index in [0.717, 1.165) is 78.4 Å². The van der Waals surface area contributed by atoms with Gasteiger partial charge in [-0.1, -0.05) is 60.7 Å². The number of thiol groups is 2. The first-order chi connectivity index (χ1) is 31.5. The van der Waals surface area contributed by atoms with Gasteiger partial charge in [-0.15, -0.1) is 0 Å². The highest BCUT2D eigenvalue weighted by molar-refractivity contribution is 7.98. The molecule has 2 aliphatic rings. The number of aliphatic carboxylic acids is 1. The highest BCUT2D eigenvalue weighted by Gasteiger charge is 2.26. The molecule has 0 saturated carbocycles. The largest absolute Gasteiger partial charge is 0.480 e. The van der Waals surface area contributed by atoms with E-state index in [-0.39, 0.29) is 11.8 Å². The first-order valence-electron chi connectivity index (χ1n) is 22.0. The quantitative estimate of drug-likeness (QED) is 0.0304. The number of carbonyl (C=O) groups is 4. The number of hydrogen-bond donors (Lipinski definition) is 9. The van der Waals surface area contributed by atoms with Crippen LogP contribution >= 0.6 is 48.8 Å². The van der Waals surface area contributed by atoms with Crippen LogP contribution in [0.5, 0.6) is 0 Å². The molecule has 7 N–H and O–H groups in total. The van der Waals surface area contributed by atoms with Crippen LogP contribution in [0.3, 0.4) is 0 Å². The highest BCUT2D eigenvalue weighted by atomic mass is 32.2. The lowest BCUT2D eigenvalue weighted by Crippen LogP contribution is -2.42. The molecule has 6 rings (SSSR count). The van der Waals surface area contributed by atoms with E-state index in [2.05, 4.69) is 57.2 Å². The molecule has 4 aromatic carbocycles. The van der Waals surface area contributed by atoms with Crippen LogP contribution < -0.4 is 31.9 Å². The number of esters is 1. The van der Waals surface area contributed by atoms with Crippen molar-refractivity contribution in [2.75, 3.05) is 67.9 Å². The Labute approximate surface area is 403 Å². The number of methoxy groups -OCH3 is 1. The minimum atomic E-state index is -1.01. The Hall–Kier alpha value is -4.32. The summed E-state index contributed by atoms with van der Waals surface area (Å²) < 4.78 is 4.90. The Balaban J connectivity index is 0.000000244. The number of rotatable bonds is 22. The number of benzene rings is 4. The molecule has 0 aliphatic carbocycles. The number of amides is 2. The Bertz CT molecular complexity index is 2140. The van der Waals surface area contributed by atoms with E-state index in [1.54, 1.807) is 29.6 Å². The van der Waals surface area contributed by atoms with Crippen molar-refractivity contribution in [2.45, 2.75) is 73.2 Å². The molecule has 0 spiro atoms. The lowest BCUT2D eigenvalue weighted by Gasteiger charge is -2.19. The van der Waals surface area contributed by atoms with Crippen molar-refractivity contribution >= 4 is 83.9 Å². The molecule has 0 aromatic heterocycles. The fourth-order valence-corrected chi connectivity index (χ4v) is 9.42. The second-order valence-electron chi connectivity index (χ2n) is 16.3. The molecule has 6 atom stereocenters. The van der Waals surface area contributed by atoms with E-state index in [1.165, 1.54) is 7.11 Å². The molecule has 2 heterocycles. The molecule has 4 aromatic rings. The number of carboxylic acids is 1. The first-order valence-corrected chi connectivity index (χ1v) is 25.8. The average Bonchev–Trinajstić information content (AvgIpc) is 3.94. The summed E-state index contributed by atoms with van der Waals surface area (Å²) in [6.07, 6.45) is 8.04. The van der Waals surface area contributed by atoms with E-state index in [0.29, 0.717) is 65.1 Å². The summed E-state index contributed by atoms with van der Waals surface area (Å²) in [4.78, 5) is 50.0. The summed E-state index contributed by atoms with van der Waals surface area (Å²) >= 11 is 12.3. The number of thioether (sulfide) groups is 2. The van der Waals surface area contributed by atoms with Crippen LogP contribution in [-0.2, 0) is 27.2 Å². The molecule has 2 fully saturated rings. The van der Waals surface area contributed by atoms with Crippen molar-refractivity contribution in [3.05, 3.63) is 130 Å². The summed E-state index contributed by atoms with van der Waals surface area (Å²) in [5, 5.41) is 29.7. The Morgan fingerprint density at radius 3 is 1.49 bits per heavy atom. The molecule has 2 saturated heterocycles. The van der Waals surface area contributed by atoms with Gasteiger partial charge < -0.3 is 41.7 Å². The lowest BCUT2D eigenvalue weighted by atomic mass is 9.98. The van der Waals surface area contributed by atoms with Crippen molar-refractivity contribution in [2.24, 2.45) is 0 Å². The number of carbonyl (C=O) groups excluding carboxylic acids is 3. The zero-order valence-corrected chi connectivity index (χ0v) is 40.8. The third-order valence-electron chi connectivity index (χ3n) is 11.3. The van der Waals surface area contributed by atoms with E-state index in [1.807, 2.05) is 104 Å². The number of carboxylic acid groups (broad SMARTS) is 1. The lowest BCUT2D eigenvalue weighted by molar-refractivity contribution is -0.143. The number of nitrogens with one attached hydrogen (secondary N) is 6. The topological polar surface area (TPSA) is 170 Å². The van der Waals surface area contributed by atoms with Gasteiger partial charge in [0.15, 0.2) is 0 Å². The van der Waals surface area contributed by atoms with Crippen LogP contribution in [0, 0.1) is 0 Å². The van der Waals surface area contributed by atoms with Gasteiger partial charge in [0.05, 0.1) is 7.11 Å².